The van der Waals surface area contributed by atoms with E-state index >= 15 is 0 Å². The molecule has 1 aliphatic rings. The molecule has 1 aromatic rings. The van der Waals surface area contributed by atoms with E-state index in [4.69, 9.17) is 0 Å². The Balaban J connectivity index is 0.000000686. The molecule has 0 N–H and O–H groups in total. The molecule has 17 heavy (non-hydrogen) atoms. The molecular weight excluding hydrogens is 238 g/mol. The van der Waals surface area contributed by atoms with Crippen molar-refractivity contribution in [1.29, 1.82) is 0 Å². The number of alkyl halides is 4. The fourth-order valence-corrected chi connectivity index (χ4v) is 1.63. The molecule has 0 amide bonds. The van der Waals surface area contributed by atoms with Gasteiger partial charge in [0.1, 0.15) is 0 Å². The first kappa shape index (κ1) is 13.9. The zero-order valence-electron chi connectivity index (χ0n) is 9.92. The van der Waals surface area contributed by atoms with Gasteiger partial charge in [-0.1, -0.05) is 19.1 Å². The third-order valence-corrected chi connectivity index (χ3v) is 2.56. The minimum atomic E-state index is -3.92. The van der Waals surface area contributed by atoms with Crippen LogP contribution in [-0.4, -0.2) is 26.8 Å². The fourth-order valence-electron chi connectivity index (χ4n) is 1.63. The molecule has 1 aliphatic carbocycles. The molecule has 1 heterocycles. The molecule has 1 aromatic heterocycles. The van der Waals surface area contributed by atoms with Gasteiger partial charge in [-0.25, -0.2) is 0 Å². The van der Waals surface area contributed by atoms with Gasteiger partial charge in [0, 0.05) is 12.6 Å². The molecule has 0 aromatic carbocycles. The first-order valence-corrected chi connectivity index (χ1v) is 5.45. The van der Waals surface area contributed by atoms with Gasteiger partial charge in [0.05, 0.1) is 18.2 Å². The first-order chi connectivity index (χ1) is 7.83. The zero-order chi connectivity index (χ0) is 13.3. The van der Waals surface area contributed by atoms with E-state index in [2.05, 4.69) is 10.3 Å². The van der Waals surface area contributed by atoms with E-state index in [9.17, 15) is 17.6 Å². The number of hydrogen-bond acceptors (Lipinski definition) is 2. The Bertz CT molecular complexity index is 375. The summed E-state index contributed by atoms with van der Waals surface area (Å²) in [6, 6.07) is 0. The molecule has 1 atom stereocenters. The Labute approximate surface area is 96.8 Å². The Hall–Kier alpha value is -1.14. The van der Waals surface area contributed by atoms with Crippen LogP contribution in [0.25, 0.3) is 0 Å². The van der Waals surface area contributed by atoms with Crippen molar-refractivity contribution in [2.75, 3.05) is 0 Å². The van der Waals surface area contributed by atoms with Gasteiger partial charge in [-0.05, 0) is 6.92 Å². The van der Waals surface area contributed by atoms with Crippen LogP contribution in [0.1, 0.15) is 26.0 Å². The predicted octanol–water partition coefficient (Wildman–Crippen LogP) is 2.90. The summed E-state index contributed by atoms with van der Waals surface area (Å²) in [4.78, 5) is 0. The minimum Gasteiger partial charge on any atom is -0.252 e. The molecule has 1 fully saturated rings. The maximum Gasteiger partial charge on any atom is 0.314 e. The van der Waals surface area contributed by atoms with Gasteiger partial charge in [-0.15, -0.1) is 5.10 Å². The SMILES string of the molecule is CC.Cc1cn(CC2CC(F)(F)C2(F)F)nn1. The summed E-state index contributed by atoms with van der Waals surface area (Å²) in [6.45, 7) is 5.43. The third kappa shape index (κ3) is 2.42. The van der Waals surface area contributed by atoms with E-state index < -0.39 is 24.2 Å². The summed E-state index contributed by atoms with van der Waals surface area (Å²) in [7, 11) is 0. The van der Waals surface area contributed by atoms with Crippen LogP contribution in [0, 0.1) is 12.8 Å². The third-order valence-electron chi connectivity index (χ3n) is 2.56. The van der Waals surface area contributed by atoms with Crippen LogP contribution in [0.4, 0.5) is 17.6 Å². The standard InChI is InChI=1S/C8H9F4N3.C2H6/c1-5-3-15(14-13-5)4-6-2-7(9,10)8(6,11)12;1-2/h3,6H,2,4H2,1H3;1-2H3. The lowest BCUT2D eigenvalue weighted by atomic mass is 9.77. The van der Waals surface area contributed by atoms with Gasteiger partial charge >= 0.3 is 11.8 Å². The second-order valence-corrected chi connectivity index (χ2v) is 3.81. The van der Waals surface area contributed by atoms with Crippen molar-refractivity contribution in [3.8, 4) is 0 Å². The first-order valence-electron chi connectivity index (χ1n) is 5.45. The molecule has 0 spiro atoms. The summed E-state index contributed by atoms with van der Waals surface area (Å²) < 4.78 is 51.8. The lowest BCUT2D eigenvalue weighted by Crippen LogP contribution is -2.59. The molecule has 98 valence electrons. The molecule has 0 bridgehead atoms. The van der Waals surface area contributed by atoms with Crippen molar-refractivity contribution in [3.05, 3.63) is 11.9 Å². The molecule has 0 saturated heterocycles. The van der Waals surface area contributed by atoms with Crippen LogP contribution in [0.5, 0.6) is 0 Å². The lowest BCUT2D eigenvalue weighted by molar-refractivity contribution is -0.316. The van der Waals surface area contributed by atoms with Crippen LogP contribution in [-0.2, 0) is 6.54 Å². The Kier molecular flexibility index (Phi) is 3.78. The molecule has 1 saturated carbocycles. The van der Waals surface area contributed by atoms with Crippen LogP contribution in [0.3, 0.4) is 0 Å². The summed E-state index contributed by atoms with van der Waals surface area (Å²) in [5.74, 6) is -9.14. The maximum absolute atomic E-state index is 12.9. The summed E-state index contributed by atoms with van der Waals surface area (Å²) in [5.41, 5.74) is 0.574. The maximum atomic E-state index is 12.9. The topological polar surface area (TPSA) is 30.7 Å². The van der Waals surface area contributed by atoms with E-state index in [-0.39, 0.29) is 6.54 Å². The van der Waals surface area contributed by atoms with Crippen LogP contribution in [0.2, 0.25) is 0 Å². The highest BCUT2D eigenvalue weighted by Gasteiger charge is 2.71. The van der Waals surface area contributed by atoms with Gasteiger partial charge in [0.25, 0.3) is 0 Å². The second-order valence-electron chi connectivity index (χ2n) is 3.81. The number of aromatic nitrogens is 3. The number of hydrogen-bond donors (Lipinski definition) is 0. The zero-order valence-corrected chi connectivity index (χ0v) is 9.92. The molecule has 7 heteroatoms. The van der Waals surface area contributed by atoms with E-state index in [0.29, 0.717) is 5.69 Å². The number of rotatable bonds is 2. The molecular formula is C10H15F4N3. The van der Waals surface area contributed by atoms with Crippen LogP contribution >= 0.6 is 0 Å². The van der Waals surface area contributed by atoms with Crippen LogP contribution in [0.15, 0.2) is 6.20 Å². The quantitative estimate of drug-likeness (QED) is 0.759. The summed E-state index contributed by atoms with van der Waals surface area (Å²) in [5, 5.41) is 7.13. The van der Waals surface area contributed by atoms with Crippen molar-refractivity contribution in [3.63, 3.8) is 0 Å². The van der Waals surface area contributed by atoms with E-state index in [1.54, 1.807) is 6.92 Å². The van der Waals surface area contributed by atoms with Gasteiger partial charge in [0.2, 0.25) is 0 Å². The van der Waals surface area contributed by atoms with Gasteiger partial charge < -0.3 is 0 Å². The molecule has 0 radical (unpaired) electrons. The Morgan fingerprint density at radius 1 is 1.35 bits per heavy atom. The highest BCUT2D eigenvalue weighted by atomic mass is 19.3. The number of nitrogens with zero attached hydrogens (tertiary/aromatic N) is 3. The van der Waals surface area contributed by atoms with Crippen LogP contribution < -0.4 is 0 Å². The minimum absolute atomic E-state index is 0.219. The van der Waals surface area contributed by atoms with E-state index in [1.165, 1.54) is 10.9 Å². The molecule has 1 unspecified atom stereocenters. The summed E-state index contributed by atoms with van der Waals surface area (Å²) >= 11 is 0. The fraction of sp³-hybridized carbons (Fsp3) is 0.800. The van der Waals surface area contributed by atoms with Crippen molar-refractivity contribution in [2.45, 2.75) is 45.6 Å². The Morgan fingerprint density at radius 3 is 2.29 bits per heavy atom. The lowest BCUT2D eigenvalue weighted by Gasteiger charge is -2.43. The predicted molar refractivity (Wildman–Crippen MR) is 54.1 cm³/mol. The number of aryl methyl sites for hydroxylation is 1. The highest BCUT2D eigenvalue weighted by molar-refractivity contribution is 5.03. The molecule has 3 nitrogen and oxygen atoms in total. The highest BCUT2D eigenvalue weighted by Crippen LogP contribution is 2.55. The van der Waals surface area contributed by atoms with Gasteiger partial charge in [-0.3, -0.25) is 4.68 Å². The smallest absolute Gasteiger partial charge is 0.252 e. The van der Waals surface area contributed by atoms with E-state index in [0.717, 1.165) is 0 Å². The van der Waals surface area contributed by atoms with Crippen molar-refractivity contribution in [1.82, 2.24) is 15.0 Å². The summed E-state index contributed by atoms with van der Waals surface area (Å²) in [6.07, 6.45) is 0.658. The average molecular weight is 253 g/mol. The van der Waals surface area contributed by atoms with Crippen molar-refractivity contribution >= 4 is 0 Å². The van der Waals surface area contributed by atoms with Gasteiger partial charge in [-0.2, -0.15) is 17.6 Å². The normalized spacial score (nSPS) is 24.5. The largest absolute Gasteiger partial charge is 0.314 e. The Morgan fingerprint density at radius 2 is 1.94 bits per heavy atom. The molecule has 0 aliphatic heterocycles. The molecule has 2 rings (SSSR count). The van der Waals surface area contributed by atoms with Crippen molar-refractivity contribution in [2.24, 2.45) is 5.92 Å². The second kappa shape index (κ2) is 4.62. The van der Waals surface area contributed by atoms with Crippen molar-refractivity contribution < 1.29 is 17.6 Å². The number of halogens is 4. The van der Waals surface area contributed by atoms with Gasteiger partial charge in [0.15, 0.2) is 0 Å². The average Bonchev–Trinajstić information content (AvgIpc) is 2.66. The monoisotopic (exact) mass is 253 g/mol. The van der Waals surface area contributed by atoms with E-state index in [1.807, 2.05) is 13.8 Å².